The molecule has 1 atom stereocenters. The van der Waals surface area contributed by atoms with Gasteiger partial charge < -0.3 is 5.73 Å². The molecule has 0 fully saturated rings. The number of rotatable bonds is 3. The van der Waals surface area contributed by atoms with Crippen molar-refractivity contribution >= 4 is 11.3 Å². The molecule has 0 bridgehead atoms. The first-order valence-corrected chi connectivity index (χ1v) is 5.93. The van der Waals surface area contributed by atoms with Crippen LogP contribution in [0.4, 0.5) is 0 Å². The molecule has 15 heavy (non-hydrogen) atoms. The molecule has 1 unspecified atom stereocenters. The van der Waals surface area contributed by atoms with Crippen molar-refractivity contribution < 1.29 is 0 Å². The van der Waals surface area contributed by atoms with Gasteiger partial charge in [0.05, 0.1) is 5.54 Å². The standard InChI is InChI=1S/C13H15NS/c1-13(14,12-8-5-9-15-12)10-11-6-3-2-4-7-11/h2-9H,10,14H2,1H3. The monoisotopic (exact) mass is 217 g/mol. The maximum atomic E-state index is 6.32. The molecule has 0 aliphatic rings. The predicted molar refractivity (Wildman–Crippen MR) is 66.0 cm³/mol. The lowest BCUT2D eigenvalue weighted by molar-refractivity contribution is 0.502. The van der Waals surface area contributed by atoms with Crippen molar-refractivity contribution in [1.29, 1.82) is 0 Å². The topological polar surface area (TPSA) is 26.0 Å². The Morgan fingerprint density at radius 2 is 1.87 bits per heavy atom. The van der Waals surface area contributed by atoms with Gasteiger partial charge in [-0.05, 0) is 30.4 Å². The first kappa shape index (κ1) is 10.4. The molecule has 1 nitrogen and oxygen atoms in total. The second kappa shape index (κ2) is 4.17. The Labute approximate surface area is 94.6 Å². The summed E-state index contributed by atoms with van der Waals surface area (Å²) in [5, 5.41) is 2.07. The van der Waals surface area contributed by atoms with Crippen molar-refractivity contribution in [2.75, 3.05) is 0 Å². The highest BCUT2D eigenvalue weighted by Crippen LogP contribution is 2.26. The van der Waals surface area contributed by atoms with Crippen LogP contribution in [0.5, 0.6) is 0 Å². The Morgan fingerprint density at radius 1 is 1.13 bits per heavy atom. The quantitative estimate of drug-likeness (QED) is 0.839. The molecule has 0 radical (unpaired) electrons. The van der Waals surface area contributed by atoms with E-state index in [-0.39, 0.29) is 5.54 Å². The van der Waals surface area contributed by atoms with Gasteiger partial charge in [-0.3, -0.25) is 0 Å². The van der Waals surface area contributed by atoms with Crippen LogP contribution >= 0.6 is 11.3 Å². The second-order valence-electron chi connectivity index (χ2n) is 4.06. The van der Waals surface area contributed by atoms with E-state index in [0.717, 1.165) is 6.42 Å². The summed E-state index contributed by atoms with van der Waals surface area (Å²) >= 11 is 1.72. The lowest BCUT2D eigenvalue weighted by Gasteiger charge is -2.23. The van der Waals surface area contributed by atoms with Crippen LogP contribution in [0.3, 0.4) is 0 Å². The number of hydrogen-bond acceptors (Lipinski definition) is 2. The predicted octanol–water partition coefficient (Wildman–Crippen LogP) is 3.16. The zero-order valence-electron chi connectivity index (χ0n) is 8.81. The lowest BCUT2D eigenvalue weighted by Crippen LogP contribution is -2.34. The summed E-state index contributed by atoms with van der Waals surface area (Å²) in [6, 6.07) is 14.5. The van der Waals surface area contributed by atoms with E-state index in [2.05, 4.69) is 48.7 Å². The average molecular weight is 217 g/mol. The minimum absolute atomic E-state index is 0.254. The van der Waals surface area contributed by atoms with Crippen LogP contribution in [-0.2, 0) is 12.0 Å². The fraction of sp³-hybridized carbons (Fsp3) is 0.231. The number of nitrogens with two attached hydrogens (primary N) is 1. The van der Waals surface area contributed by atoms with Crippen LogP contribution in [0.15, 0.2) is 47.8 Å². The molecule has 0 spiro atoms. The van der Waals surface area contributed by atoms with E-state index < -0.39 is 0 Å². The van der Waals surface area contributed by atoms with Gasteiger partial charge >= 0.3 is 0 Å². The van der Waals surface area contributed by atoms with Crippen LogP contribution in [0.25, 0.3) is 0 Å². The highest BCUT2D eigenvalue weighted by Gasteiger charge is 2.22. The van der Waals surface area contributed by atoms with Gasteiger partial charge in [-0.2, -0.15) is 0 Å². The molecule has 2 heteroatoms. The van der Waals surface area contributed by atoms with Gasteiger partial charge in [-0.15, -0.1) is 11.3 Å². The van der Waals surface area contributed by atoms with Gasteiger partial charge in [0.15, 0.2) is 0 Å². The summed E-state index contributed by atoms with van der Waals surface area (Å²) in [5.41, 5.74) is 7.36. The minimum atomic E-state index is -0.254. The Kier molecular flexibility index (Phi) is 2.89. The van der Waals surface area contributed by atoms with Crippen molar-refractivity contribution in [2.24, 2.45) is 5.73 Å². The van der Waals surface area contributed by atoms with Crippen molar-refractivity contribution in [2.45, 2.75) is 18.9 Å². The number of hydrogen-bond donors (Lipinski definition) is 1. The Bertz CT molecular complexity index is 403. The summed E-state index contributed by atoms with van der Waals surface area (Å²) < 4.78 is 0. The highest BCUT2D eigenvalue weighted by molar-refractivity contribution is 7.10. The zero-order chi connectivity index (χ0) is 10.7. The van der Waals surface area contributed by atoms with Gasteiger partial charge in [0, 0.05) is 4.88 Å². The maximum Gasteiger partial charge on any atom is 0.0515 e. The van der Waals surface area contributed by atoms with Crippen molar-refractivity contribution in [3.8, 4) is 0 Å². The molecular formula is C13H15NS. The van der Waals surface area contributed by atoms with E-state index in [4.69, 9.17) is 5.73 Å². The summed E-state index contributed by atoms with van der Waals surface area (Å²) in [6.45, 7) is 2.09. The largest absolute Gasteiger partial charge is 0.321 e. The van der Waals surface area contributed by atoms with Crippen LogP contribution in [0.2, 0.25) is 0 Å². The van der Waals surface area contributed by atoms with E-state index in [1.807, 2.05) is 6.07 Å². The van der Waals surface area contributed by atoms with E-state index in [9.17, 15) is 0 Å². The van der Waals surface area contributed by atoms with Gasteiger partial charge in [0.1, 0.15) is 0 Å². The zero-order valence-corrected chi connectivity index (χ0v) is 9.63. The van der Waals surface area contributed by atoms with Crippen molar-refractivity contribution in [3.05, 3.63) is 58.3 Å². The fourth-order valence-electron chi connectivity index (χ4n) is 1.71. The molecule has 2 rings (SSSR count). The van der Waals surface area contributed by atoms with E-state index in [1.54, 1.807) is 11.3 Å². The summed E-state index contributed by atoms with van der Waals surface area (Å²) in [4.78, 5) is 1.24. The summed E-state index contributed by atoms with van der Waals surface area (Å²) in [5.74, 6) is 0. The third kappa shape index (κ3) is 2.46. The molecule has 78 valence electrons. The number of benzene rings is 1. The van der Waals surface area contributed by atoms with Gasteiger partial charge in [0.2, 0.25) is 0 Å². The Hall–Kier alpha value is -1.12. The molecule has 0 saturated heterocycles. The molecular weight excluding hydrogens is 202 g/mol. The molecule has 1 heterocycles. The lowest BCUT2D eigenvalue weighted by atomic mass is 9.92. The molecule has 1 aromatic heterocycles. The second-order valence-corrected chi connectivity index (χ2v) is 5.00. The minimum Gasteiger partial charge on any atom is -0.321 e. The maximum absolute atomic E-state index is 6.32. The fourth-order valence-corrected chi connectivity index (χ4v) is 2.51. The van der Waals surface area contributed by atoms with Crippen molar-refractivity contribution in [1.82, 2.24) is 0 Å². The molecule has 2 aromatic rings. The third-order valence-corrected chi connectivity index (χ3v) is 3.65. The number of thiophene rings is 1. The first-order chi connectivity index (χ1) is 7.18. The van der Waals surface area contributed by atoms with E-state index >= 15 is 0 Å². The van der Waals surface area contributed by atoms with Crippen molar-refractivity contribution in [3.63, 3.8) is 0 Å². The third-order valence-electron chi connectivity index (χ3n) is 2.50. The van der Waals surface area contributed by atoms with Gasteiger partial charge in [0.25, 0.3) is 0 Å². The van der Waals surface area contributed by atoms with Crippen LogP contribution < -0.4 is 5.73 Å². The molecule has 0 saturated carbocycles. The SMILES string of the molecule is CC(N)(Cc1ccccc1)c1cccs1. The summed E-state index contributed by atoms with van der Waals surface area (Å²) in [7, 11) is 0. The average Bonchev–Trinajstić information content (AvgIpc) is 2.71. The highest BCUT2D eigenvalue weighted by atomic mass is 32.1. The smallest absolute Gasteiger partial charge is 0.0515 e. The molecule has 0 aliphatic carbocycles. The molecule has 0 aliphatic heterocycles. The summed E-state index contributed by atoms with van der Waals surface area (Å²) in [6.07, 6.45) is 0.883. The molecule has 2 N–H and O–H groups in total. The van der Waals surface area contributed by atoms with Crippen LogP contribution in [0, 0.1) is 0 Å². The Balaban J connectivity index is 2.18. The van der Waals surface area contributed by atoms with E-state index in [1.165, 1.54) is 10.4 Å². The van der Waals surface area contributed by atoms with Crippen LogP contribution in [0.1, 0.15) is 17.4 Å². The van der Waals surface area contributed by atoms with Crippen LogP contribution in [-0.4, -0.2) is 0 Å². The van der Waals surface area contributed by atoms with Gasteiger partial charge in [-0.1, -0.05) is 36.4 Å². The molecule has 1 aromatic carbocycles. The van der Waals surface area contributed by atoms with Gasteiger partial charge in [-0.25, -0.2) is 0 Å². The van der Waals surface area contributed by atoms with E-state index in [0.29, 0.717) is 0 Å². The first-order valence-electron chi connectivity index (χ1n) is 5.05. The molecule has 0 amide bonds. The Morgan fingerprint density at radius 3 is 2.47 bits per heavy atom. The normalized spacial score (nSPS) is 14.8.